The fourth-order valence-corrected chi connectivity index (χ4v) is 6.75. The van der Waals surface area contributed by atoms with Crippen molar-refractivity contribution in [2.75, 3.05) is 32.2 Å². The second-order valence-corrected chi connectivity index (χ2v) is 11.3. The number of rotatable bonds is 7. The molecule has 0 atom stereocenters. The van der Waals surface area contributed by atoms with E-state index in [2.05, 4.69) is 0 Å². The van der Waals surface area contributed by atoms with Crippen LogP contribution in [0.3, 0.4) is 0 Å². The monoisotopic (exact) mass is 526 g/mol. The van der Waals surface area contributed by atoms with Crippen LogP contribution >= 0.6 is 11.3 Å². The van der Waals surface area contributed by atoms with E-state index in [0.29, 0.717) is 43.9 Å². The zero-order chi connectivity index (χ0) is 25.2. The van der Waals surface area contributed by atoms with Gasteiger partial charge in [0.05, 0.1) is 35.6 Å². The molecule has 1 saturated heterocycles. The number of piperidine rings is 1. The van der Waals surface area contributed by atoms with Crippen molar-refractivity contribution in [1.29, 1.82) is 0 Å². The van der Waals surface area contributed by atoms with Crippen molar-refractivity contribution < 1.29 is 31.1 Å². The van der Waals surface area contributed by atoms with Crippen LogP contribution in [0, 0.1) is 0 Å². The first-order valence-electron chi connectivity index (χ1n) is 10.9. The third-order valence-corrected chi connectivity index (χ3v) is 9.19. The molecule has 0 amide bonds. The van der Waals surface area contributed by atoms with Gasteiger partial charge in [-0.3, -0.25) is 0 Å². The summed E-state index contributed by atoms with van der Waals surface area (Å²) in [4.78, 5) is 6.46. The van der Waals surface area contributed by atoms with Gasteiger partial charge in [-0.2, -0.15) is 13.2 Å². The number of alkyl halides is 3. The molecule has 2 aromatic carbocycles. The number of anilines is 1. The van der Waals surface area contributed by atoms with Crippen molar-refractivity contribution in [2.24, 2.45) is 0 Å². The summed E-state index contributed by atoms with van der Waals surface area (Å²) in [5.74, 6) is 1.39. The molecule has 11 heteroatoms. The Balaban J connectivity index is 1.42. The van der Waals surface area contributed by atoms with Crippen LogP contribution < -0.4 is 14.4 Å². The molecule has 1 aliphatic rings. The highest BCUT2D eigenvalue weighted by Gasteiger charge is 2.35. The van der Waals surface area contributed by atoms with Gasteiger partial charge in [0.1, 0.15) is 11.5 Å². The number of ether oxygens (including phenoxy) is 2. The van der Waals surface area contributed by atoms with Crippen LogP contribution in [0.25, 0.3) is 0 Å². The average Bonchev–Trinajstić information content (AvgIpc) is 3.31. The lowest BCUT2D eigenvalue weighted by atomic mass is 10.1. The average molecular weight is 527 g/mol. The number of hydrogen-bond donors (Lipinski definition) is 0. The van der Waals surface area contributed by atoms with Gasteiger partial charge in [-0.15, -0.1) is 11.3 Å². The van der Waals surface area contributed by atoms with E-state index < -0.39 is 26.8 Å². The van der Waals surface area contributed by atoms with E-state index in [1.165, 1.54) is 17.4 Å². The number of aromatic nitrogens is 1. The summed E-state index contributed by atoms with van der Waals surface area (Å²) in [6, 6.07) is 9.62. The van der Waals surface area contributed by atoms with E-state index >= 15 is 0 Å². The molecule has 0 saturated carbocycles. The molecular formula is C24H25F3N2O4S2. The van der Waals surface area contributed by atoms with Crippen LogP contribution in [0.4, 0.5) is 18.3 Å². The van der Waals surface area contributed by atoms with Gasteiger partial charge in [-0.25, -0.2) is 13.4 Å². The second-order valence-electron chi connectivity index (χ2n) is 8.28. The number of hydrogen-bond acceptors (Lipinski definition) is 7. The van der Waals surface area contributed by atoms with Gasteiger partial charge < -0.3 is 14.4 Å². The van der Waals surface area contributed by atoms with Crippen molar-refractivity contribution >= 4 is 26.3 Å². The summed E-state index contributed by atoms with van der Waals surface area (Å²) < 4.78 is 75.7. The minimum atomic E-state index is -4.59. The molecule has 1 fully saturated rings. The molecular weight excluding hydrogens is 501 g/mol. The van der Waals surface area contributed by atoms with Crippen molar-refractivity contribution in [3.63, 3.8) is 0 Å². The lowest BCUT2D eigenvalue weighted by Gasteiger charge is -2.31. The first-order chi connectivity index (χ1) is 16.6. The highest BCUT2D eigenvalue weighted by atomic mass is 32.2. The van der Waals surface area contributed by atoms with Crippen LogP contribution in [0.1, 0.15) is 29.7 Å². The summed E-state index contributed by atoms with van der Waals surface area (Å²) in [5, 5.41) is 2.03. The Morgan fingerprint density at radius 3 is 2.31 bits per heavy atom. The van der Waals surface area contributed by atoms with E-state index in [-0.39, 0.29) is 4.90 Å². The predicted octanol–water partition coefficient (Wildman–Crippen LogP) is 5.21. The number of sulfone groups is 1. The minimum absolute atomic E-state index is 0.281. The fraction of sp³-hybridized carbons (Fsp3) is 0.375. The molecule has 6 nitrogen and oxygen atoms in total. The van der Waals surface area contributed by atoms with Crippen LogP contribution in [-0.4, -0.2) is 46.0 Å². The zero-order valence-corrected chi connectivity index (χ0v) is 20.8. The maximum atomic E-state index is 13.0. The number of nitrogens with zero attached hydrogens (tertiary/aromatic N) is 2. The van der Waals surface area contributed by atoms with Crippen molar-refractivity contribution in [3.8, 4) is 11.5 Å². The van der Waals surface area contributed by atoms with Crippen LogP contribution in [0.5, 0.6) is 11.5 Å². The molecule has 0 unspecified atom stereocenters. The number of thiazole rings is 1. The minimum Gasteiger partial charge on any atom is -0.497 e. The topological polar surface area (TPSA) is 68.7 Å². The van der Waals surface area contributed by atoms with E-state index in [0.717, 1.165) is 34.6 Å². The van der Waals surface area contributed by atoms with E-state index in [1.807, 2.05) is 22.4 Å². The zero-order valence-electron chi connectivity index (χ0n) is 19.2. The molecule has 1 aromatic heterocycles. The first-order valence-corrected chi connectivity index (χ1v) is 13.3. The summed E-state index contributed by atoms with van der Waals surface area (Å²) in [6.45, 7) is 0.922. The normalized spacial score (nSPS) is 15.3. The Hall–Kier alpha value is -2.79. The van der Waals surface area contributed by atoms with Gasteiger partial charge in [0.15, 0.2) is 15.0 Å². The smallest absolute Gasteiger partial charge is 0.416 e. The second kappa shape index (κ2) is 10.1. The van der Waals surface area contributed by atoms with Crippen LogP contribution in [0.15, 0.2) is 52.7 Å². The predicted molar refractivity (Wildman–Crippen MR) is 128 cm³/mol. The molecule has 188 valence electrons. The number of methoxy groups -OCH3 is 2. The molecule has 0 aliphatic carbocycles. The third kappa shape index (κ3) is 5.72. The van der Waals surface area contributed by atoms with Gasteiger partial charge in [0, 0.05) is 31.0 Å². The maximum Gasteiger partial charge on any atom is 0.416 e. The Morgan fingerprint density at radius 2 is 1.71 bits per heavy atom. The van der Waals surface area contributed by atoms with E-state index in [9.17, 15) is 21.6 Å². The quantitative estimate of drug-likeness (QED) is 0.421. The molecule has 0 bridgehead atoms. The lowest BCUT2D eigenvalue weighted by Crippen LogP contribution is -2.39. The molecule has 3 aromatic rings. The fourth-order valence-electron chi connectivity index (χ4n) is 4.10. The Kier molecular flexibility index (Phi) is 7.27. The van der Waals surface area contributed by atoms with Gasteiger partial charge in [0.25, 0.3) is 0 Å². The van der Waals surface area contributed by atoms with Gasteiger partial charge in [0.2, 0.25) is 0 Å². The standard InChI is InChI=1S/C24H25F3N2O4S2/c1-32-19-11-16(12-20(14-19)33-2)10-18-15-34-23(28-18)29-8-6-21(7-9-29)35(30,31)22-5-3-4-17(13-22)24(25,26)27/h3-5,11-15,21H,6-10H2,1-2H3. The summed E-state index contributed by atoms with van der Waals surface area (Å²) in [5.41, 5.74) is 0.905. The molecule has 1 aliphatic heterocycles. The third-order valence-electron chi connectivity index (χ3n) is 5.98. The number of halogens is 3. The highest BCUT2D eigenvalue weighted by Crippen LogP contribution is 2.34. The Morgan fingerprint density at radius 1 is 1.06 bits per heavy atom. The van der Waals surface area contributed by atoms with Crippen LogP contribution in [0.2, 0.25) is 0 Å². The summed E-state index contributed by atoms with van der Waals surface area (Å²) >= 11 is 1.48. The molecule has 0 spiro atoms. The van der Waals surface area contributed by atoms with Gasteiger partial charge in [-0.05, 0) is 48.7 Å². The molecule has 0 N–H and O–H groups in total. The summed E-state index contributed by atoms with van der Waals surface area (Å²) in [6.07, 6.45) is -3.36. The highest BCUT2D eigenvalue weighted by molar-refractivity contribution is 7.92. The van der Waals surface area contributed by atoms with Gasteiger partial charge >= 0.3 is 6.18 Å². The molecule has 4 rings (SSSR count). The first kappa shape index (κ1) is 25.3. The van der Waals surface area contributed by atoms with Crippen molar-refractivity contribution in [1.82, 2.24) is 4.98 Å². The maximum absolute atomic E-state index is 13.0. The summed E-state index contributed by atoms with van der Waals surface area (Å²) in [7, 11) is -0.679. The Labute approximate surface area is 206 Å². The van der Waals surface area contributed by atoms with Crippen molar-refractivity contribution in [2.45, 2.75) is 35.6 Å². The lowest BCUT2D eigenvalue weighted by molar-refractivity contribution is -0.137. The largest absolute Gasteiger partial charge is 0.497 e. The molecule has 35 heavy (non-hydrogen) atoms. The van der Waals surface area contributed by atoms with Crippen molar-refractivity contribution in [3.05, 3.63) is 64.7 Å². The molecule has 0 radical (unpaired) electrons. The van der Waals surface area contributed by atoms with E-state index in [1.54, 1.807) is 20.3 Å². The SMILES string of the molecule is COc1cc(Cc2csc(N3CCC(S(=O)(=O)c4cccc(C(F)(F)F)c4)CC3)n2)cc(OC)c1. The Bertz CT molecular complexity index is 1260. The molecule has 2 heterocycles. The van der Waals surface area contributed by atoms with Crippen LogP contribution in [-0.2, 0) is 22.4 Å². The van der Waals surface area contributed by atoms with E-state index in [4.69, 9.17) is 14.5 Å². The van der Waals surface area contributed by atoms with Gasteiger partial charge in [-0.1, -0.05) is 6.07 Å². The number of benzene rings is 2.